The van der Waals surface area contributed by atoms with E-state index >= 15 is 0 Å². The fourth-order valence-electron chi connectivity index (χ4n) is 1.18. The molecule has 0 radical (unpaired) electrons. The van der Waals surface area contributed by atoms with Gasteiger partial charge in [-0.3, -0.25) is 0 Å². The molecule has 0 saturated heterocycles. The van der Waals surface area contributed by atoms with E-state index < -0.39 is 0 Å². The quantitative estimate of drug-likeness (QED) is 0.830. The normalized spacial score (nSPS) is 12.9. The van der Waals surface area contributed by atoms with Crippen LogP contribution in [-0.4, -0.2) is 11.7 Å². The molecule has 0 aliphatic heterocycles. The van der Waals surface area contributed by atoms with Gasteiger partial charge < -0.3 is 5.11 Å². The van der Waals surface area contributed by atoms with E-state index in [9.17, 15) is 0 Å². The molecule has 0 aromatic heterocycles. The maximum absolute atomic E-state index is 8.79. The second-order valence-electron chi connectivity index (χ2n) is 2.98. The number of halogens is 2. The van der Waals surface area contributed by atoms with Gasteiger partial charge in [-0.25, -0.2) is 0 Å². The zero-order chi connectivity index (χ0) is 9.84. The highest BCUT2D eigenvalue weighted by Crippen LogP contribution is 2.26. The summed E-state index contributed by atoms with van der Waals surface area (Å²) in [5, 5.41) is 9.51. The highest BCUT2D eigenvalue weighted by atomic mass is 79.9. The van der Waals surface area contributed by atoms with Crippen LogP contribution in [0.2, 0.25) is 5.02 Å². The highest BCUT2D eigenvalue weighted by molar-refractivity contribution is 9.09. The number of benzene rings is 1. The Balaban J connectivity index is 2.96. The summed E-state index contributed by atoms with van der Waals surface area (Å²) in [4.78, 5) is 0.295. The molecule has 1 rings (SSSR count). The van der Waals surface area contributed by atoms with E-state index in [0.29, 0.717) is 11.2 Å². The van der Waals surface area contributed by atoms with E-state index in [2.05, 4.69) is 22.0 Å². The number of hydrogen-bond donors (Lipinski definition) is 1. The van der Waals surface area contributed by atoms with Gasteiger partial charge in [-0.1, -0.05) is 33.6 Å². The molecule has 0 aliphatic rings. The minimum atomic E-state index is 0.163. The highest BCUT2D eigenvalue weighted by Gasteiger charge is 2.03. The van der Waals surface area contributed by atoms with Gasteiger partial charge in [-0.2, -0.15) is 0 Å². The first-order valence-electron chi connectivity index (χ1n) is 4.18. The van der Waals surface area contributed by atoms with E-state index in [0.717, 1.165) is 16.1 Å². The molecule has 13 heavy (non-hydrogen) atoms. The molecule has 0 saturated carbocycles. The third-order valence-electron chi connectivity index (χ3n) is 1.84. The van der Waals surface area contributed by atoms with Crippen LogP contribution >= 0.6 is 27.5 Å². The van der Waals surface area contributed by atoms with Gasteiger partial charge in [0.1, 0.15) is 0 Å². The average molecular weight is 264 g/mol. The van der Waals surface area contributed by atoms with Crippen LogP contribution in [0.1, 0.15) is 22.9 Å². The molecule has 3 heteroatoms. The Kier molecular flexibility index (Phi) is 4.23. The lowest BCUT2D eigenvalue weighted by Crippen LogP contribution is -1.93. The SMILES string of the molecule is CC(Br)c1cc(Cl)cc(CCO)c1. The molecule has 0 aliphatic carbocycles. The van der Waals surface area contributed by atoms with Crippen molar-refractivity contribution in [3.8, 4) is 0 Å². The lowest BCUT2D eigenvalue weighted by Gasteiger charge is -2.07. The molecule has 1 atom stereocenters. The van der Waals surface area contributed by atoms with Crippen molar-refractivity contribution in [1.82, 2.24) is 0 Å². The van der Waals surface area contributed by atoms with Gasteiger partial charge in [0.25, 0.3) is 0 Å². The smallest absolute Gasteiger partial charge is 0.0471 e. The standard InChI is InChI=1S/C10H12BrClO/c1-7(11)9-4-8(2-3-13)5-10(12)6-9/h4-7,13H,2-3H2,1H3. The van der Waals surface area contributed by atoms with Crippen LogP contribution in [0.25, 0.3) is 0 Å². The lowest BCUT2D eigenvalue weighted by molar-refractivity contribution is 0.299. The summed E-state index contributed by atoms with van der Waals surface area (Å²) in [6.07, 6.45) is 0.660. The van der Waals surface area contributed by atoms with Crippen molar-refractivity contribution in [1.29, 1.82) is 0 Å². The maximum Gasteiger partial charge on any atom is 0.0471 e. The van der Waals surface area contributed by atoms with Crippen LogP contribution in [-0.2, 0) is 6.42 Å². The number of aliphatic hydroxyl groups is 1. The summed E-state index contributed by atoms with van der Waals surface area (Å²) in [5.74, 6) is 0. The van der Waals surface area contributed by atoms with E-state index in [-0.39, 0.29) is 6.61 Å². The monoisotopic (exact) mass is 262 g/mol. The zero-order valence-electron chi connectivity index (χ0n) is 7.43. The lowest BCUT2D eigenvalue weighted by atomic mass is 10.1. The fourth-order valence-corrected chi connectivity index (χ4v) is 1.71. The molecule has 0 spiro atoms. The Hall–Kier alpha value is -0.0500. The van der Waals surface area contributed by atoms with Gasteiger partial charge in [-0.15, -0.1) is 0 Å². The molecule has 0 heterocycles. The Morgan fingerprint density at radius 2 is 2.15 bits per heavy atom. The number of rotatable bonds is 3. The minimum absolute atomic E-state index is 0.163. The van der Waals surface area contributed by atoms with Crippen molar-refractivity contribution in [3.05, 3.63) is 34.3 Å². The second-order valence-corrected chi connectivity index (χ2v) is 4.79. The third kappa shape index (κ3) is 3.29. The Morgan fingerprint density at radius 1 is 1.46 bits per heavy atom. The summed E-state index contributed by atoms with van der Waals surface area (Å²) >= 11 is 9.41. The summed E-state index contributed by atoms with van der Waals surface area (Å²) in [6.45, 7) is 2.21. The predicted molar refractivity (Wildman–Crippen MR) is 59.6 cm³/mol. The summed E-state index contributed by atoms with van der Waals surface area (Å²) in [5.41, 5.74) is 2.23. The van der Waals surface area contributed by atoms with Crippen molar-refractivity contribution in [2.75, 3.05) is 6.61 Å². The van der Waals surface area contributed by atoms with Crippen molar-refractivity contribution in [2.24, 2.45) is 0 Å². The molecule has 1 nitrogen and oxygen atoms in total. The average Bonchev–Trinajstić information content (AvgIpc) is 2.03. The molecule has 1 aromatic rings. The second kappa shape index (κ2) is 4.99. The molecule has 1 unspecified atom stereocenters. The molecule has 0 fully saturated rings. The minimum Gasteiger partial charge on any atom is -0.396 e. The van der Waals surface area contributed by atoms with Gasteiger partial charge in [0, 0.05) is 16.5 Å². The molecule has 1 aromatic carbocycles. The third-order valence-corrected chi connectivity index (χ3v) is 2.59. The van der Waals surface area contributed by atoms with E-state index in [4.69, 9.17) is 16.7 Å². The van der Waals surface area contributed by atoms with Crippen molar-refractivity contribution in [2.45, 2.75) is 18.2 Å². The van der Waals surface area contributed by atoms with Crippen LogP contribution < -0.4 is 0 Å². The van der Waals surface area contributed by atoms with E-state index in [1.807, 2.05) is 19.1 Å². The Morgan fingerprint density at radius 3 is 2.69 bits per heavy atom. The fraction of sp³-hybridized carbons (Fsp3) is 0.400. The van der Waals surface area contributed by atoms with Gasteiger partial charge in [0.2, 0.25) is 0 Å². The summed E-state index contributed by atoms with van der Waals surface area (Å²) < 4.78 is 0. The van der Waals surface area contributed by atoms with Crippen LogP contribution in [0.15, 0.2) is 18.2 Å². The Labute approximate surface area is 91.9 Å². The van der Waals surface area contributed by atoms with E-state index in [1.165, 1.54) is 0 Å². The first-order chi connectivity index (χ1) is 6.13. The summed E-state index contributed by atoms with van der Waals surface area (Å²) in [7, 11) is 0. The topological polar surface area (TPSA) is 20.2 Å². The van der Waals surface area contributed by atoms with E-state index in [1.54, 1.807) is 0 Å². The number of hydrogen-bond acceptors (Lipinski definition) is 1. The van der Waals surface area contributed by atoms with Crippen molar-refractivity contribution in [3.63, 3.8) is 0 Å². The molecule has 1 N–H and O–H groups in total. The Bertz CT molecular complexity index is 286. The van der Waals surface area contributed by atoms with Gasteiger partial charge in [0.15, 0.2) is 0 Å². The first kappa shape index (κ1) is 11.0. The molecular formula is C10H12BrClO. The maximum atomic E-state index is 8.79. The molecule has 0 bridgehead atoms. The van der Waals surface area contributed by atoms with Crippen molar-refractivity contribution >= 4 is 27.5 Å². The number of aliphatic hydroxyl groups excluding tert-OH is 1. The van der Waals surface area contributed by atoms with Gasteiger partial charge in [-0.05, 0) is 36.6 Å². The zero-order valence-corrected chi connectivity index (χ0v) is 9.77. The molecular weight excluding hydrogens is 251 g/mol. The number of alkyl halides is 1. The van der Waals surface area contributed by atoms with Gasteiger partial charge in [0.05, 0.1) is 0 Å². The van der Waals surface area contributed by atoms with Crippen LogP contribution in [0.5, 0.6) is 0 Å². The first-order valence-corrected chi connectivity index (χ1v) is 5.47. The predicted octanol–water partition coefficient (Wildman–Crippen LogP) is 3.33. The molecule has 0 amide bonds. The van der Waals surface area contributed by atoms with Crippen LogP contribution in [0.4, 0.5) is 0 Å². The van der Waals surface area contributed by atoms with Crippen LogP contribution in [0.3, 0.4) is 0 Å². The molecule has 72 valence electrons. The van der Waals surface area contributed by atoms with Crippen LogP contribution in [0, 0.1) is 0 Å². The van der Waals surface area contributed by atoms with Gasteiger partial charge >= 0.3 is 0 Å². The summed E-state index contributed by atoms with van der Waals surface area (Å²) in [6, 6.07) is 5.88. The largest absolute Gasteiger partial charge is 0.396 e. The van der Waals surface area contributed by atoms with Crippen molar-refractivity contribution < 1.29 is 5.11 Å².